The van der Waals surface area contributed by atoms with Crippen LogP contribution in [0.25, 0.3) is 0 Å². The second-order valence-electron chi connectivity index (χ2n) is 2.57. The van der Waals surface area contributed by atoms with Gasteiger partial charge in [0.2, 0.25) is 10.9 Å². The second kappa shape index (κ2) is 5.84. The third-order valence-electron chi connectivity index (χ3n) is 1.54. The first kappa shape index (κ1) is 11.3. The van der Waals surface area contributed by atoms with E-state index in [1.54, 1.807) is 24.3 Å². The van der Waals surface area contributed by atoms with Gasteiger partial charge in [0.1, 0.15) is 0 Å². The van der Waals surface area contributed by atoms with Crippen LogP contribution in [0.1, 0.15) is 10.4 Å². The van der Waals surface area contributed by atoms with Gasteiger partial charge in [-0.15, -0.1) is 0 Å². The van der Waals surface area contributed by atoms with Gasteiger partial charge in [0.15, 0.2) is 0 Å². The highest BCUT2D eigenvalue weighted by Gasteiger charge is 1.99. The molecule has 0 unspecified atom stereocenters. The summed E-state index contributed by atoms with van der Waals surface area (Å²) in [5.74, 6) is 4.78. The molecule has 0 amide bonds. The van der Waals surface area contributed by atoms with Gasteiger partial charge in [-0.3, -0.25) is 15.6 Å². The number of benzene rings is 1. The van der Waals surface area contributed by atoms with Crippen LogP contribution in [0.5, 0.6) is 0 Å². The van der Waals surface area contributed by atoms with Gasteiger partial charge in [0, 0.05) is 5.56 Å². The second-order valence-corrected chi connectivity index (χ2v) is 2.98. The molecule has 0 saturated carbocycles. The van der Waals surface area contributed by atoms with Crippen molar-refractivity contribution in [2.45, 2.75) is 0 Å². The van der Waals surface area contributed by atoms with Crippen molar-refractivity contribution in [2.75, 3.05) is 0 Å². The highest BCUT2D eigenvalue weighted by Crippen LogP contribution is 1.97. The van der Waals surface area contributed by atoms with E-state index in [-0.39, 0.29) is 10.9 Å². The van der Waals surface area contributed by atoms with Crippen molar-refractivity contribution in [1.29, 1.82) is 0 Å². The van der Waals surface area contributed by atoms with E-state index in [4.69, 9.17) is 5.84 Å². The Kier molecular flexibility index (Phi) is 4.39. The maximum Gasteiger partial charge on any atom is 0.205 e. The Morgan fingerprint density at radius 2 is 2.07 bits per heavy atom. The number of hydrogen-bond donors (Lipinski definition) is 3. The van der Waals surface area contributed by atoms with Crippen molar-refractivity contribution in [2.24, 2.45) is 10.9 Å². The van der Waals surface area contributed by atoms with Crippen LogP contribution in [0.2, 0.25) is 0 Å². The average molecular weight is 222 g/mol. The monoisotopic (exact) mass is 222 g/mol. The third kappa shape index (κ3) is 3.84. The molecule has 4 N–H and O–H groups in total. The minimum absolute atomic E-state index is 0.145. The Morgan fingerprint density at radius 3 is 2.67 bits per heavy atom. The van der Waals surface area contributed by atoms with E-state index in [0.717, 1.165) is 6.21 Å². The number of carbonyl (C=O) groups is 1. The first-order valence-corrected chi connectivity index (χ1v) is 4.54. The summed E-state index contributed by atoms with van der Waals surface area (Å²) in [7, 11) is 0. The molecule has 0 saturated heterocycles. The molecule has 0 spiro atoms. The van der Waals surface area contributed by atoms with Gasteiger partial charge in [-0.25, -0.2) is 5.84 Å². The van der Waals surface area contributed by atoms with Crippen molar-refractivity contribution in [3.8, 4) is 0 Å². The number of thiocarbonyl (C=S) groups is 1. The fraction of sp³-hybridized carbons (Fsp3) is 0. The fourth-order valence-corrected chi connectivity index (χ4v) is 0.911. The van der Waals surface area contributed by atoms with E-state index >= 15 is 0 Å². The maximum absolute atomic E-state index is 11.4. The molecule has 1 aromatic carbocycles. The summed E-state index contributed by atoms with van der Waals surface area (Å²) in [6.45, 7) is 0. The Balaban J connectivity index is 2.53. The van der Waals surface area contributed by atoms with Crippen molar-refractivity contribution >= 4 is 29.3 Å². The predicted octanol–water partition coefficient (Wildman–Crippen LogP) is 0.193. The fourth-order valence-electron chi connectivity index (χ4n) is 0.859. The molecule has 0 aliphatic heterocycles. The summed E-state index contributed by atoms with van der Waals surface area (Å²) < 4.78 is 0. The lowest BCUT2D eigenvalue weighted by Crippen LogP contribution is -2.37. The first-order chi connectivity index (χ1) is 7.24. The Labute approximate surface area is 92.3 Å². The lowest BCUT2D eigenvalue weighted by Gasteiger charge is -1.98. The largest absolute Gasteiger partial charge is 0.300 e. The molecule has 6 heteroatoms. The number of nitrogens with two attached hydrogens (primary N) is 1. The molecule has 0 radical (unpaired) electrons. The molecule has 0 bridgehead atoms. The highest BCUT2D eigenvalue weighted by atomic mass is 32.1. The smallest absolute Gasteiger partial charge is 0.205 e. The number of Topliss-reactive ketones (excluding diaryl/α,β-unsaturated/α-hetero) is 1. The van der Waals surface area contributed by atoms with Gasteiger partial charge in [0.05, 0.1) is 6.21 Å². The molecule has 0 aliphatic carbocycles. The van der Waals surface area contributed by atoms with Gasteiger partial charge in [-0.05, 0) is 12.2 Å². The number of nitrogens with zero attached hydrogens (tertiary/aromatic N) is 1. The third-order valence-corrected chi connectivity index (χ3v) is 1.75. The standard InChI is InChI=1S/C9H10N4OS/c10-12-9(15)13-11-6-8(14)7-4-2-1-3-5-7/h1-6H,10H2,(H2,12,13,15)/b11-6+. The van der Waals surface area contributed by atoms with Crippen molar-refractivity contribution in [3.63, 3.8) is 0 Å². The highest BCUT2D eigenvalue weighted by molar-refractivity contribution is 7.80. The van der Waals surface area contributed by atoms with E-state index in [2.05, 4.69) is 28.2 Å². The van der Waals surface area contributed by atoms with Gasteiger partial charge in [-0.2, -0.15) is 5.10 Å². The lowest BCUT2D eigenvalue weighted by atomic mass is 10.1. The zero-order valence-corrected chi connectivity index (χ0v) is 8.62. The van der Waals surface area contributed by atoms with Gasteiger partial charge < -0.3 is 0 Å². The topological polar surface area (TPSA) is 79.5 Å². The van der Waals surface area contributed by atoms with E-state index in [1.165, 1.54) is 0 Å². The number of nitrogens with one attached hydrogen (secondary N) is 2. The first-order valence-electron chi connectivity index (χ1n) is 4.13. The predicted molar refractivity (Wildman–Crippen MR) is 62.3 cm³/mol. The number of rotatable bonds is 3. The van der Waals surface area contributed by atoms with E-state index < -0.39 is 0 Å². The van der Waals surface area contributed by atoms with Gasteiger partial charge in [0.25, 0.3) is 0 Å². The number of hydrazone groups is 1. The van der Waals surface area contributed by atoms with Crippen molar-refractivity contribution in [1.82, 2.24) is 10.9 Å². The van der Waals surface area contributed by atoms with Crippen LogP contribution in [0, 0.1) is 0 Å². The molecule has 0 fully saturated rings. The minimum Gasteiger partial charge on any atom is -0.300 e. The zero-order chi connectivity index (χ0) is 11.1. The van der Waals surface area contributed by atoms with E-state index in [0.29, 0.717) is 5.56 Å². The van der Waals surface area contributed by atoms with Crippen LogP contribution in [-0.4, -0.2) is 17.1 Å². The quantitative estimate of drug-likeness (QED) is 0.224. The summed E-state index contributed by atoms with van der Waals surface area (Å²) in [6.07, 6.45) is 1.14. The van der Waals surface area contributed by atoms with E-state index in [9.17, 15) is 4.79 Å². The molecule has 1 aromatic rings. The normalized spacial score (nSPS) is 9.93. The Bertz CT molecular complexity index is 377. The summed E-state index contributed by atoms with van der Waals surface area (Å²) >= 11 is 4.65. The van der Waals surface area contributed by atoms with Crippen LogP contribution >= 0.6 is 12.2 Å². The summed E-state index contributed by atoms with van der Waals surface area (Å²) in [5.41, 5.74) is 5.12. The molecule has 0 heterocycles. The molecule has 0 aliphatic rings. The van der Waals surface area contributed by atoms with Crippen molar-refractivity contribution < 1.29 is 4.79 Å². The number of hydrazine groups is 1. The van der Waals surface area contributed by atoms with E-state index in [1.807, 2.05) is 6.07 Å². The number of ketones is 1. The summed E-state index contributed by atoms with van der Waals surface area (Å²) in [5, 5.41) is 3.76. The number of carbonyl (C=O) groups excluding carboxylic acids is 1. The van der Waals surface area contributed by atoms with Crippen molar-refractivity contribution in [3.05, 3.63) is 35.9 Å². The average Bonchev–Trinajstić information content (AvgIpc) is 2.29. The zero-order valence-electron chi connectivity index (χ0n) is 7.81. The van der Waals surface area contributed by atoms with Crippen LogP contribution in [-0.2, 0) is 0 Å². The molecule has 0 aromatic heterocycles. The summed E-state index contributed by atoms with van der Waals surface area (Å²) in [6, 6.07) is 8.79. The maximum atomic E-state index is 11.4. The van der Waals surface area contributed by atoms with Crippen LogP contribution in [0.4, 0.5) is 0 Å². The molecule has 0 atom stereocenters. The number of hydrogen-bond acceptors (Lipinski definition) is 4. The molecule has 15 heavy (non-hydrogen) atoms. The SMILES string of the molecule is NNC(=S)N/N=C/C(=O)c1ccccc1. The molecular formula is C9H10N4OS. The molecular weight excluding hydrogens is 212 g/mol. The van der Waals surface area contributed by atoms with Gasteiger partial charge in [-0.1, -0.05) is 30.3 Å². The lowest BCUT2D eigenvalue weighted by molar-refractivity contribution is 0.107. The molecule has 1 rings (SSSR count). The van der Waals surface area contributed by atoms with Crippen LogP contribution in [0.15, 0.2) is 35.4 Å². The molecule has 5 nitrogen and oxygen atoms in total. The molecule has 78 valence electrons. The van der Waals surface area contributed by atoms with Crippen LogP contribution < -0.4 is 16.7 Å². The minimum atomic E-state index is -0.206. The Hall–Kier alpha value is -1.79. The Morgan fingerprint density at radius 1 is 1.40 bits per heavy atom. The van der Waals surface area contributed by atoms with Crippen LogP contribution in [0.3, 0.4) is 0 Å². The van der Waals surface area contributed by atoms with Gasteiger partial charge >= 0.3 is 0 Å². The summed E-state index contributed by atoms with van der Waals surface area (Å²) in [4.78, 5) is 11.4.